The normalized spacial score (nSPS) is 28.6. The highest BCUT2D eigenvalue weighted by molar-refractivity contribution is 5.64. The number of rotatable bonds is 4. The van der Waals surface area contributed by atoms with Gasteiger partial charge in [-0.3, -0.25) is 4.79 Å². The summed E-state index contributed by atoms with van der Waals surface area (Å²) in [5.74, 6) is 1.74. The summed E-state index contributed by atoms with van der Waals surface area (Å²) in [6.07, 6.45) is 7.85. The number of para-hydroxylation sites is 1. The smallest absolute Gasteiger partial charge is 0.290 e. The lowest BCUT2D eigenvalue weighted by Gasteiger charge is -2.21. The van der Waals surface area contributed by atoms with Gasteiger partial charge in [-0.1, -0.05) is 12.1 Å². The number of aliphatic hydroxyl groups excluding tert-OH is 1. The third kappa shape index (κ3) is 4.01. The summed E-state index contributed by atoms with van der Waals surface area (Å²) < 4.78 is 20.0. The Morgan fingerprint density at radius 1 is 1.14 bits per heavy atom. The van der Waals surface area contributed by atoms with Crippen molar-refractivity contribution in [2.24, 2.45) is 0 Å². The minimum Gasteiger partial charge on any atom is -0.490 e. The zero-order valence-electron chi connectivity index (χ0n) is 16.1. The Morgan fingerprint density at radius 2 is 1.86 bits per heavy atom. The number of benzene rings is 1. The van der Waals surface area contributed by atoms with Gasteiger partial charge in [-0.15, -0.1) is 0 Å². The SMILES string of the molecule is O=CO.O[C@@H]1CO[C@H]2[C@@H]1OC[C@H]2n1ccnc1-c1ccccc1OC1CCCC1. The Balaban J connectivity index is 0.000000645. The highest BCUT2D eigenvalue weighted by atomic mass is 16.6. The standard InChI is InChI=1S/C20H24N2O4.CH2O2/c23-16-12-25-18-15(11-24-19(16)18)22-10-9-21-20(22)14-7-3-4-8-17(14)26-13-5-1-2-6-13;2-1-3/h3-4,7-10,13,15-16,18-19,23H,1-2,5-6,11-12H2;1H,(H,2,3)/t15-,16-,18-,19-;/m1./s1. The molecule has 1 aromatic carbocycles. The topological polar surface area (TPSA) is 103 Å². The van der Waals surface area contributed by atoms with E-state index >= 15 is 0 Å². The molecule has 3 heterocycles. The highest BCUT2D eigenvalue weighted by Crippen LogP contribution is 2.38. The van der Waals surface area contributed by atoms with Crippen molar-refractivity contribution in [3.8, 4) is 17.1 Å². The monoisotopic (exact) mass is 402 g/mol. The average molecular weight is 402 g/mol. The minimum atomic E-state index is -0.546. The third-order valence-electron chi connectivity index (χ3n) is 5.75. The summed E-state index contributed by atoms with van der Waals surface area (Å²) in [6, 6.07) is 8.11. The van der Waals surface area contributed by atoms with Crippen LogP contribution < -0.4 is 4.74 Å². The summed E-state index contributed by atoms with van der Waals surface area (Å²) >= 11 is 0. The van der Waals surface area contributed by atoms with Crippen molar-refractivity contribution in [2.45, 2.75) is 56.1 Å². The summed E-state index contributed by atoms with van der Waals surface area (Å²) in [7, 11) is 0. The molecular formula is C21H26N2O6. The minimum absolute atomic E-state index is 0.00851. The Hall–Kier alpha value is -2.42. The summed E-state index contributed by atoms with van der Waals surface area (Å²) in [4.78, 5) is 13.0. The van der Waals surface area contributed by atoms with Gasteiger partial charge >= 0.3 is 0 Å². The van der Waals surface area contributed by atoms with E-state index in [0.29, 0.717) is 19.3 Å². The molecule has 156 valence electrons. The molecule has 8 heteroatoms. The van der Waals surface area contributed by atoms with Gasteiger partial charge in [-0.05, 0) is 37.8 Å². The number of fused-ring (bicyclic) bond motifs is 1. The van der Waals surface area contributed by atoms with E-state index in [4.69, 9.17) is 24.1 Å². The van der Waals surface area contributed by atoms with Crippen LogP contribution in [0, 0.1) is 0 Å². The number of carbonyl (C=O) groups is 1. The number of hydrogen-bond acceptors (Lipinski definition) is 6. The van der Waals surface area contributed by atoms with Gasteiger partial charge in [0.15, 0.2) is 0 Å². The number of aromatic nitrogens is 2. The Kier molecular flexibility index (Phi) is 6.13. The predicted octanol–water partition coefficient (Wildman–Crippen LogP) is 2.27. The number of ether oxygens (including phenoxy) is 3. The van der Waals surface area contributed by atoms with Gasteiger partial charge in [0.05, 0.1) is 30.9 Å². The van der Waals surface area contributed by atoms with Crippen LogP contribution in [0.2, 0.25) is 0 Å². The maximum atomic E-state index is 10.0. The zero-order valence-corrected chi connectivity index (χ0v) is 16.1. The molecule has 3 fully saturated rings. The second-order valence-electron chi connectivity index (χ2n) is 7.51. The molecule has 0 radical (unpaired) electrons. The molecule has 2 aromatic rings. The van der Waals surface area contributed by atoms with Crippen molar-refractivity contribution in [2.75, 3.05) is 13.2 Å². The van der Waals surface area contributed by atoms with Crippen LogP contribution in [0.15, 0.2) is 36.7 Å². The fraction of sp³-hybridized carbons (Fsp3) is 0.524. The molecule has 5 rings (SSSR count). The molecule has 1 aliphatic carbocycles. The second kappa shape index (κ2) is 8.94. The van der Waals surface area contributed by atoms with Crippen LogP contribution in [-0.4, -0.2) is 63.9 Å². The molecule has 8 nitrogen and oxygen atoms in total. The van der Waals surface area contributed by atoms with Crippen LogP contribution in [-0.2, 0) is 14.3 Å². The Morgan fingerprint density at radius 3 is 2.66 bits per heavy atom. The van der Waals surface area contributed by atoms with Crippen LogP contribution in [0.3, 0.4) is 0 Å². The van der Waals surface area contributed by atoms with Crippen molar-refractivity contribution in [1.29, 1.82) is 0 Å². The number of aliphatic hydroxyl groups is 1. The van der Waals surface area contributed by atoms with E-state index in [1.54, 1.807) is 6.20 Å². The quantitative estimate of drug-likeness (QED) is 0.756. The number of hydrogen-bond donors (Lipinski definition) is 2. The van der Waals surface area contributed by atoms with Gasteiger partial charge in [0, 0.05) is 12.4 Å². The Labute approximate surface area is 169 Å². The van der Waals surface area contributed by atoms with E-state index in [2.05, 4.69) is 15.6 Å². The van der Waals surface area contributed by atoms with E-state index in [1.807, 2.05) is 24.4 Å². The molecule has 2 N–H and O–H groups in total. The van der Waals surface area contributed by atoms with Gasteiger partial charge in [-0.2, -0.15) is 0 Å². The van der Waals surface area contributed by atoms with Gasteiger partial charge in [0.2, 0.25) is 0 Å². The number of nitrogens with zero attached hydrogens (tertiary/aromatic N) is 2. The molecule has 1 saturated carbocycles. The van der Waals surface area contributed by atoms with E-state index in [9.17, 15) is 5.11 Å². The molecule has 2 saturated heterocycles. The molecule has 0 unspecified atom stereocenters. The van der Waals surface area contributed by atoms with Crippen LogP contribution >= 0.6 is 0 Å². The summed E-state index contributed by atoms with van der Waals surface area (Å²) in [5.41, 5.74) is 0.992. The van der Waals surface area contributed by atoms with E-state index in [-0.39, 0.29) is 24.7 Å². The average Bonchev–Trinajstić information content (AvgIpc) is 3.49. The number of imidazole rings is 1. The van der Waals surface area contributed by atoms with E-state index in [0.717, 1.165) is 30.0 Å². The molecule has 3 aliphatic rings. The molecule has 0 bridgehead atoms. The molecule has 0 spiro atoms. The van der Waals surface area contributed by atoms with Crippen LogP contribution in [0.5, 0.6) is 5.75 Å². The lowest BCUT2D eigenvalue weighted by molar-refractivity contribution is -0.122. The van der Waals surface area contributed by atoms with Gasteiger partial charge in [0.1, 0.15) is 29.9 Å². The summed E-state index contributed by atoms with van der Waals surface area (Å²) in [5, 5.41) is 16.9. The van der Waals surface area contributed by atoms with Crippen molar-refractivity contribution in [1.82, 2.24) is 9.55 Å². The highest BCUT2D eigenvalue weighted by Gasteiger charge is 2.48. The van der Waals surface area contributed by atoms with Crippen molar-refractivity contribution < 1.29 is 29.2 Å². The maximum Gasteiger partial charge on any atom is 0.290 e. The van der Waals surface area contributed by atoms with Gasteiger partial charge < -0.3 is 29.0 Å². The lowest BCUT2D eigenvalue weighted by atomic mass is 10.1. The van der Waals surface area contributed by atoms with Crippen LogP contribution in [0.1, 0.15) is 31.7 Å². The zero-order chi connectivity index (χ0) is 20.2. The molecule has 2 aliphatic heterocycles. The first-order chi connectivity index (χ1) is 14.2. The largest absolute Gasteiger partial charge is 0.490 e. The van der Waals surface area contributed by atoms with Crippen molar-refractivity contribution in [3.63, 3.8) is 0 Å². The van der Waals surface area contributed by atoms with Crippen LogP contribution in [0.25, 0.3) is 11.4 Å². The van der Waals surface area contributed by atoms with Crippen molar-refractivity contribution in [3.05, 3.63) is 36.7 Å². The van der Waals surface area contributed by atoms with Gasteiger partial charge in [0.25, 0.3) is 6.47 Å². The fourth-order valence-corrected chi connectivity index (χ4v) is 4.43. The molecule has 29 heavy (non-hydrogen) atoms. The predicted molar refractivity (Wildman–Crippen MR) is 104 cm³/mol. The summed E-state index contributed by atoms with van der Waals surface area (Å²) in [6.45, 7) is 0.596. The van der Waals surface area contributed by atoms with Crippen molar-refractivity contribution >= 4 is 6.47 Å². The van der Waals surface area contributed by atoms with Gasteiger partial charge in [-0.25, -0.2) is 4.98 Å². The second-order valence-corrected chi connectivity index (χ2v) is 7.51. The first-order valence-corrected chi connectivity index (χ1v) is 10.0. The van der Waals surface area contributed by atoms with E-state index in [1.165, 1.54) is 12.8 Å². The maximum absolute atomic E-state index is 10.0. The first-order valence-electron chi connectivity index (χ1n) is 10.0. The molecule has 1 aromatic heterocycles. The van der Waals surface area contributed by atoms with Crippen LogP contribution in [0.4, 0.5) is 0 Å². The third-order valence-corrected chi connectivity index (χ3v) is 5.75. The van der Waals surface area contributed by atoms with E-state index < -0.39 is 6.10 Å². The number of carboxylic acid groups (broad SMARTS) is 1. The Bertz CT molecular complexity index is 819. The molecular weight excluding hydrogens is 376 g/mol. The lowest BCUT2D eigenvalue weighted by Crippen LogP contribution is -2.30. The first kappa shape index (κ1) is 19.9. The molecule has 0 amide bonds. The molecule has 4 atom stereocenters. The fourth-order valence-electron chi connectivity index (χ4n) is 4.43.